The van der Waals surface area contributed by atoms with Gasteiger partial charge in [-0.05, 0) is 36.6 Å². The summed E-state index contributed by atoms with van der Waals surface area (Å²) in [6.45, 7) is 4.74. The van der Waals surface area contributed by atoms with Gasteiger partial charge in [-0.3, -0.25) is 0 Å². The average molecular weight is 292 g/mol. The highest BCUT2D eigenvalue weighted by molar-refractivity contribution is 6.32. The molecule has 0 fully saturated rings. The molecule has 0 spiro atoms. The van der Waals surface area contributed by atoms with Crippen LogP contribution in [0.15, 0.2) is 30.3 Å². The molecule has 1 unspecified atom stereocenters. The summed E-state index contributed by atoms with van der Waals surface area (Å²) in [7, 11) is 0. The fourth-order valence-corrected chi connectivity index (χ4v) is 2.60. The molecule has 0 saturated carbocycles. The largest absolute Gasteiger partial charge is 0.480 e. The molecule has 2 aromatic rings. The van der Waals surface area contributed by atoms with Crippen LogP contribution in [-0.2, 0) is 0 Å². The van der Waals surface area contributed by atoms with E-state index in [0.29, 0.717) is 23.0 Å². The Morgan fingerprint density at radius 3 is 2.75 bits per heavy atom. The number of ether oxygens (including phenoxy) is 1. The van der Waals surface area contributed by atoms with E-state index in [4.69, 9.17) is 16.3 Å². The third-order valence-electron chi connectivity index (χ3n) is 3.65. The Balaban J connectivity index is 1.93. The fourth-order valence-electron chi connectivity index (χ4n) is 2.35. The molecule has 1 atom stereocenters. The maximum absolute atomic E-state index is 13.3. The molecule has 1 aliphatic heterocycles. The first-order valence-corrected chi connectivity index (χ1v) is 6.89. The van der Waals surface area contributed by atoms with Gasteiger partial charge in [0, 0.05) is 6.07 Å². The third kappa shape index (κ3) is 2.34. The Labute approximate surface area is 122 Å². The standard InChI is InChI=1S/C16H15ClFNO/c1-9-3-4-11(5-10(9)2)15-8-19-14-7-12(18)6-13(17)16(14)20-15/h3-7,15,19H,8H2,1-2H3. The highest BCUT2D eigenvalue weighted by atomic mass is 35.5. The molecule has 104 valence electrons. The molecule has 0 amide bonds. The molecule has 2 nitrogen and oxygen atoms in total. The van der Waals surface area contributed by atoms with Crippen LogP contribution in [0.4, 0.5) is 10.1 Å². The predicted octanol–water partition coefficient (Wildman–Crippen LogP) is 4.64. The normalized spacial score (nSPS) is 17.1. The zero-order valence-electron chi connectivity index (χ0n) is 11.3. The zero-order chi connectivity index (χ0) is 14.3. The maximum atomic E-state index is 13.3. The van der Waals surface area contributed by atoms with Crippen LogP contribution in [0, 0.1) is 19.7 Å². The van der Waals surface area contributed by atoms with Crippen molar-refractivity contribution in [2.45, 2.75) is 20.0 Å². The van der Waals surface area contributed by atoms with Gasteiger partial charge in [-0.1, -0.05) is 29.8 Å². The number of nitrogens with one attached hydrogen (secondary N) is 1. The van der Waals surface area contributed by atoms with E-state index in [1.165, 1.54) is 23.3 Å². The fraction of sp³-hybridized carbons (Fsp3) is 0.250. The molecule has 0 aromatic heterocycles. The first-order valence-electron chi connectivity index (χ1n) is 6.51. The van der Waals surface area contributed by atoms with Gasteiger partial charge >= 0.3 is 0 Å². The summed E-state index contributed by atoms with van der Waals surface area (Å²) in [5, 5.41) is 3.47. The van der Waals surface area contributed by atoms with E-state index in [2.05, 4.69) is 37.4 Å². The van der Waals surface area contributed by atoms with Gasteiger partial charge in [-0.25, -0.2) is 4.39 Å². The summed E-state index contributed by atoms with van der Waals surface area (Å²) >= 11 is 6.05. The number of fused-ring (bicyclic) bond motifs is 1. The van der Waals surface area contributed by atoms with Crippen LogP contribution in [0.5, 0.6) is 5.75 Å². The quantitative estimate of drug-likeness (QED) is 0.826. The molecule has 20 heavy (non-hydrogen) atoms. The van der Waals surface area contributed by atoms with Gasteiger partial charge < -0.3 is 10.1 Å². The summed E-state index contributed by atoms with van der Waals surface area (Å²) in [5.41, 5.74) is 4.17. The van der Waals surface area contributed by atoms with Crippen LogP contribution in [0.2, 0.25) is 5.02 Å². The van der Waals surface area contributed by atoms with Gasteiger partial charge in [0.15, 0.2) is 5.75 Å². The van der Waals surface area contributed by atoms with Crippen molar-refractivity contribution < 1.29 is 9.13 Å². The van der Waals surface area contributed by atoms with E-state index in [-0.39, 0.29) is 11.9 Å². The van der Waals surface area contributed by atoms with Crippen molar-refractivity contribution in [1.82, 2.24) is 0 Å². The van der Waals surface area contributed by atoms with Crippen LogP contribution in [-0.4, -0.2) is 6.54 Å². The Morgan fingerprint density at radius 2 is 2.00 bits per heavy atom. The second-order valence-electron chi connectivity index (χ2n) is 5.10. The number of benzene rings is 2. The Bertz CT molecular complexity index is 672. The molecule has 3 rings (SSSR count). The highest BCUT2D eigenvalue weighted by Gasteiger charge is 2.24. The van der Waals surface area contributed by atoms with E-state index in [0.717, 1.165) is 5.56 Å². The predicted molar refractivity (Wildman–Crippen MR) is 79.2 cm³/mol. The first-order chi connectivity index (χ1) is 9.54. The molecule has 0 radical (unpaired) electrons. The molecular weight excluding hydrogens is 277 g/mol. The number of hydrogen-bond acceptors (Lipinski definition) is 2. The van der Waals surface area contributed by atoms with E-state index >= 15 is 0 Å². The molecule has 0 aliphatic carbocycles. The van der Waals surface area contributed by atoms with E-state index in [1.54, 1.807) is 0 Å². The van der Waals surface area contributed by atoms with Gasteiger partial charge in [0.1, 0.15) is 11.9 Å². The van der Waals surface area contributed by atoms with E-state index in [1.807, 2.05) is 0 Å². The first kappa shape index (κ1) is 13.3. The second kappa shape index (κ2) is 4.98. The molecule has 0 bridgehead atoms. The van der Waals surface area contributed by atoms with Crippen LogP contribution in [0.1, 0.15) is 22.8 Å². The van der Waals surface area contributed by atoms with Crippen molar-refractivity contribution in [1.29, 1.82) is 0 Å². The van der Waals surface area contributed by atoms with Crippen molar-refractivity contribution in [3.63, 3.8) is 0 Å². The number of aryl methyl sites for hydroxylation is 2. The zero-order valence-corrected chi connectivity index (χ0v) is 12.1. The molecule has 1 N–H and O–H groups in total. The lowest BCUT2D eigenvalue weighted by molar-refractivity contribution is 0.210. The van der Waals surface area contributed by atoms with Gasteiger partial charge in [-0.2, -0.15) is 0 Å². The van der Waals surface area contributed by atoms with Crippen molar-refractivity contribution in [3.8, 4) is 5.75 Å². The monoisotopic (exact) mass is 291 g/mol. The lowest BCUT2D eigenvalue weighted by Gasteiger charge is -2.28. The van der Waals surface area contributed by atoms with Crippen molar-refractivity contribution in [2.24, 2.45) is 0 Å². The number of halogens is 2. The van der Waals surface area contributed by atoms with Crippen LogP contribution >= 0.6 is 11.6 Å². The second-order valence-corrected chi connectivity index (χ2v) is 5.50. The number of rotatable bonds is 1. The van der Waals surface area contributed by atoms with Crippen molar-refractivity contribution in [2.75, 3.05) is 11.9 Å². The lowest BCUT2D eigenvalue weighted by Crippen LogP contribution is -2.24. The summed E-state index contributed by atoms with van der Waals surface area (Å²) in [6.07, 6.45) is -0.121. The molecule has 1 heterocycles. The third-order valence-corrected chi connectivity index (χ3v) is 3.93. The van der Waals surface area contributed by atoms with E-state index in [9.17, 15) is 4.39 Å². The number of anilines is 1. The summed E-state index contributed by atoms with van der Waals surface area (Å²) in [4.78, 5) is 0. The van der Waals surface area contributed by atoms with Crippen LogP contribution in [0.25, 0.3) is 0 Å². The van der Waals surface area contributed by atoms with Crippen LogP contribution < -0.4 is 10.1 Å². The van der Waals surface area contributed by atoms with Crippen LogP contribution in [0.3, 0.4) is 0 Å². The molecule has 4 heteroatoms. The summed E-state index contributed by atoms with van der Waals surface area (Å²) < 4.78 is 19.2. The highest BCUT2D eigenvalue weighted by Crippen LogP contribution is 2.40. The van der Waals surface area contributed by atoms with Gasteiger partial charge in [0.25, 0.3) is 0 Å². The average Bonchev–Trinajstić information content (AvgIpc) is 2.41. The Morgan fingerprint density at radius 1 is 1.20 bits per heavy atom. The topological polar surface area (TPSA) is 21.3 Å². The minimum absolute atomic E-state index is 0.121. The minimum atomic E-state index is -0.366. The smallest absolute Gasteiger partial charge is 0.162 e. The van der Waals surface area contributed by atoms with Gasteiger partial charge in [0.2, 0.25) is 0 Å². The molecule has 1 aliphatic rings. The number of hydrogen-bond donors (Lipinski definition) is 1. The molecule has 0 saturated heterocycles. The Hall–Kier alpha value is -1.74. The van der Waals surface area contributed by atoms with Gasteiger partial charge in [0.05, 0.1) is 17.3 Å². The van der Waals surface area contributed by atoms with Gasteiger partial charge in [-0.15, -0.1) is 0 Å². The summed E-state index contributed by atoms with van der Waals surface area (Å²) in [5.74, 6) is 0.150. The minimum Gasteiger partial charge on any atom is -0.480 e. The lowest BCUT2D eigenvalue weighted by atomic mass is 10.0. The Kier molecular flexibility index (Phi) is 3.30. The van der Waals surface area contributed by atoms with Crippen molar-refractivity contribution in [3.05, 3.63) is 57.9 Å². The molecule has 2 aromatic carbocycles. The SMILES string of the molecule is Cc1ccc(C2CNc3cc(F)cc(Cl)c3O2)cc1C. The van der Waals surface area contributed by atoms with Crippen molar-refractivity contribution >= 4 is 17.3 Å². The summed E-state index contributed by atoms with van der Waals surface area (Å²) in [6, 6.07) is 8.92. The molecular formula is C16H15ClFNO. The maximum Gasteiger partial charge on any atom is 0.162 e. The van der Waals surface area contributed by atoms with E-state index < -0.39 is 0 Å².